The average molecular weight is 403 g/mol. The van der Waals surface area contributed by atoms with Gasteiger partial charge in [0, 0.05) is 25.2 Å². The van der Waals surface area contributed by atoms with Crippen molar-refractivity contribution in [1.82, 2.24) is 9.55 Å². The maximum Gasteiger partial charge on any atom is 0.279 e. The van der Waals surface area contributed by atoms with E-state index >= 15 is 0 Å². The third-order valence-corrected chi connectivity index (χ3v) is 5.64. The van der Waals surface area contributed by atoms with Gasteiger partial charge < -0.3 is 9.47 Å². The second-order valence-electron chi connectivity index (χ2n) is 7.20. The molecule has 6 heteroatoms. The van der Waals surface area contributed by atoms with Gasteiger partial charge in [-0.3, -0.25) is 9.69 Å². The second kappa shape index (κ2) is 6.94. The smallest absolute Gasteiger partial charge is 0.279 e. The van der Waals surface area contributed by atoms with Gasteiger partial charge in [0.1, 0.15) is 16.7 Å². The largest absolute Gasteiger partial charge is 0.354 e. The lowest BCUT2D eigenvalue weighted by molar-refractivity contribution is 0.0973. The van der Waals surface area contributed by atoms with Crippen LogP contribution in [0.4, 0.5) is 11.5 Å². The molecule has 2 aromatic heterocycles. The van der Waals surface area contributed by atoms with Crippen molar-refractivity contribution in [1.29, 1.82) is 0 Å². The lowest BCUT2D eigenvalue weighted by Gasteiger charge is -2.34. The Morgan fingerprint density at radius 2 is 1.79 bits per heavy atom. The molecule has 1 amide bonds. The summed E-state index contributed by atoms with van der Waals surface area (Å²) >= 11 is 6.55. The minimum atomic E-state index is -0.0928. The highest BCUT2D eigenvalue weighted by Crippen LogP contribution is 2.36. The molecule has 0 unspecified atom stereocenters. The van der Waals surface area contributed by atoms with Gasteiger partial charge in [0.05, 0.1) is 12.4 Å². The molecule has 1 aliphatic rings. The number of pyridine rings is 1. The van der Waals surface area contributed by atoms with E-state index in [1.807, 2.05) is 83.2 Å². The van der Waals surface area contributed by atoms with Crippen molar-refractivity contribution >= 4 is 39.8 Å². The summed E-state index contributed by atoms with van der Waals surface area (Å²) < 4.78 is 1.88. The summed E-state index contributed by atoms with van der Waals surface area (Å²) in [6, 6.07) is 21.8. The van der Waals surface area contributed by atoms with E-state index in [2.05, 4.69) is 4.98 Å². The molecular formula is C23H19ClN4O. The van der Waals surface area contributed by atoms with E-state index in [-0.39, 0.29) is 5.91 Å². The number of halogens is 1. The zero-order valence-electron chi connectivity index (χ0n) is 15.9. The average Bonchev–Trinajstić information content (AvgIpc) is 3.08. The first-order chi connectivity index (χ1) is 14.1. The van der Waals surface area contributed by atoms with E-state index in [1.165, 1.54) is 0 Å². The fourth-order valence-corrected chi connectivity index (χ4v) is 4.15. The number of carbonyl (C=O) groups is 1. The first kappa shape index (κ1) is 17.8. The minimum absolute atomic E-state index is 0.0928. The van der Waals surface area contributed by atoms with Crippen molar-refractivity contribution in [3.05, 3.63) is 89.3 Å². The second-order valence-corrected chi connectivity index (χ2v) is 7.59. The summed E-state index contributed by atoms with van der Waals surface area (Å²) in [5, 5.41) is 2.55. The Kier molecular flexibility index (Phi) is 4.25. The maximum atomic E-state index is 13.6. The summed E-state index contributed by atoms with van der Waals surface area (Å²) in [5.41, 5.74) is 2.51. The number of carbonyl (C=O) groups excluding carboxylic acids is 1. The number of hydrogen-bond acceptors (Lipinski definition) is 3. The van der Waals surface area contributed by atoms with Gasteiger partial charge in [0.15, 0.2) is 0 Å². The van der Waals surface area contributed by atoms with Gasteiger partial charge >= 0.3 is 0 Å². The van der Waals surface area contributed by atoms with Gasteiger partial charge in [-0.2, -0.15) is 0 Å². The standard InChI is InChI=1S/C23H19ClN4O/c1-26-15-28(22-18-10-6-5-9-17(18)11-12-25-22)23(29)21-19(26)13-20(24)27(21)14-16-7-3-2-4-8-16/h2-13H,14-15H2,1H3. The predicted molar refractivity (Wildman–Crippen MR) is 117 cm³/mol. The normalized spacial score (nSPS) is 13.8. The fourth-order valence-electron chi connectivity index (χ4n) is 3.90. The van der Waals surface area contributed by atoms with E-state index in [0.717, 1.165) is 22.0 Å². The van der Waals surface area contributed by atoms with Crippen LogP contribution in [0.3, 0.4) is 0 Å². The van der Waals surface area contributed by atoms with Gasteiger partial charge in [-0.05, 0) is 23.1 Å². The Morgan fingerprint density at radius 3 is 2.62 bits per heavy atom. The molecule has 29 heavy (non-hydrogen) atoms. The van der Waals surface area contributed by atoms with Crippen LogP contribution in [0.15, 0.2) is 72.9 Å². The van der Waals surface area contributed by atoms with Crippen molar-refractivity contribution in [3.63, 3.8) is 0 Å². The molecule has 0 saturated heterocycles. The molecule has 0 spiro atoms. The summed E-state index contributed by atoms with van der Waals surface area (Å²) in [6.07, 6.45) is 1.75. The van der Waals surface area contributed by atoms with E-state index in [4.69, 9.17) is 11.6 Å². The number of benzene rings is 2. The molecule has 0 bridgehead atoms. The van der Waals surface area contributed by atoms with Crippen LogP contribution in [0.2, 0.25) is 5.15 Å². The van der Waals surface area contributed by atoms with Crippen LogP contribution in [0.25, 0.3) is 10.8 Å². The van der Waals surface area contributed by atoms with Gasteiger partial charge in [0.2, 0.25) is 0 Å². The van der Waals surface area contributed by atoms with Crippen LogP contribution in [0.1, 0.15) is 16.1 Å². The van der Waals surface area contributed by atoms with E-state index in [0.29, 0.717) is 29.9 Å². The predicted octanol–water partition coefficient (Wildman–Crippen LogP) is 4.79. The minimum Gasteiger partial charge on any atom is -0.354 e. The molecular weight excluding hydrogens is 384 g/mol. The Balaban J connectivity index is 1.62. The summed E-state index contributed by atoms with van der Waals surface area (Å²) in [5.74, 6) is 0.568. The number of rotatable bonds is 3. The Bertz CT molecular complexity index is 1210. The Labute approximate surface area is 173 Å². The van der Waals surface area contributed by atoms with Crippen LogP contribution < -0.4 is 9.80 Å². The number of fused-ring (bicyclic) bond motifs is 2. The third-order valence-electron chi connectivity index (χ3n) is 5.33. The molecule has 4 aromatic rings. The molecule has 0 saturated carbocycles. The number of amides is 1. The van der Waals surface area contributed by atoms with Crippen LogP contribution in [-0.2, 0) is 6.54 Å². The van der Waals surface area contributed by atoms with Crippen LogP contribution in [0, 0.1) is 0 Å². The zero-order chi connectivity index (χ0) is 20.0. The molecule has 5 nitrogen and oxygen atoms in total. The van der Waals surface area contributed by atoms with E-state index in [1.54, 1.807) is 11.1 Å². The third kappa shape index (κ3) is 2.95. The van der Waals surface area contributed by atoms with Crippen LogP contribution in [-0.4, -0.2) is 29.2 Å². The number of nitrogens with zero attached hydrogens (tertiary/aromatic N) is 4. The molecule has 1 aliphatic heterocycles. The van der Waals surface area contributed by atoms with Gasteiger partial charge in [-0.25, -0.2) is 4.98 Å². The molecule has 0 fully saturated rings. The van der Waals surface area contributed by atoms with Gasteiger partial charge in [-0.1, -0.05) is 66.2 Å². The quantitative estimate of drug-likeness (QED) is 0.494. The highest BCUT2D eigenvalue weighted by atomic mass is 35.5. The summed E-state index contributed by atoms with van der Waals surface area (Å²) in [7, 11) is 1.96. The van der Waals surface area contributed by atoms with Crippen molar-refractivity contribution in [2.75, 3.05) is 23.5 Å². The van der Waals surface area contributed by atoms with Crippen molar-refractivity contribution in [3.8, 4) is 0 Å². The molecule has 5 rings (SSSR count). The van der Waals surface area contributed by atoms with Gasteiger partial charge in [0.25, 0.3) is 5.91 Å². The molecule has 144 valence electrons. The highest BCUT2D eigenvalue weighted by molar-refractivity contribution is 6.31. The molecule has 3 heterocycles. The van der Waals surface area contributed by atoms with Crippen molar-refractivity contribution < 1.29 is 4.79 Å². The lowest BCUT2D eigenvalue weighted by atomic mass is 10.1. The molecule has 0 N–H and O–H groups in total. The van der Waals surface area contributed by atoms with Crippen molar-refractivity contribution in [2.24, 2.45) is 0 Å². The molecule has 0 atom stereocenters. The molecule has 0 radical (unpaired) electrons. The molecule has 2 aromatic carbocycles. The fraction of sp³-hybridized carbons (Fsp3) is 0.130. The van der Waals surface area contributed by atoms with Crippen LogP contribution >= 0.6 is 11.6 Å². The lowest BCUT2D eigenvalue weighted by Crippen LogP contribution is -2.46. The SMILES string of the molecule is CN1CN(c2nccc3ccccc23)C(=O)c2c1cc(Cl)n2Cc1ccccc1. The van der Waals surface area contributed by atoms with Crippen LogP contribution in [0.5, 0.6) is 0 Å². The van der Waals surface area contributed by atoms with Gasteiger partial charge in [-0.15, -0.1) is 0 Å². The Hall–Kier alpha value is -3.31. The number of aromatic nitrogens is 2. The monoisotopic (exact) mass is 402 g/mol. The number of hydrogen-bond donors (Lipinski definition) is 0. The summed E-state index contributed by atoms with van der Waals surface area (Å²) in [4.78, 5) is 21.9. The maximum absolute atomic E-state index is 13.6. The Morgan fingerprint density at radius 1 is 1.03 bits per heavy atom. The number of anilines is 2. The molecule has 0 aliphatic carbocycles. The highest BCUT2D eigenvalue weighted by Gasteiger charge is 2.34. The first-order valence-electron chi connectivity index (χ1n) is 9.43. The van der Waals surface area contributed by atoms with E-state index in [9.17, 15) is 4.79 Å². The summed E-state index contributed by atoms with van der Waals surface area (Å²) in [6.45, 7) is 0.948. The zero-order valence-corrected chi connectivity index (χ0v) is 16.7. The first-order valence-corrected chi connectivity index (χ1v) is 9.81. The van der Waals surface area contributed by atoms with E-state index < -0.39 is 0 Å². The van der Waals surface area contributed by atoms with Crippen molar-refractivity contribution in [2.45, 2.75) is 6.54 Å². The topological polar surface area (TPSA) is 41.4 Å².